The van der Waals surface area contributed by atoms with Crippen LogP contribution in [0.4, 0.5) is 0 Å². The lowest BCUT2D eigenvalue weighted by Crippen LogP contribution is -2.30. The van der Waals surface area contributed by atoms with E-state index in [-0.39, 0.29) is 5.41 Å². The zero-order valence-corrected chi connectivity index (χ0v) is 17.7. The van der Waals surface area contributed by atoms with Gasteiger partial charge in [0, 0.05) is 34.7 Å². The van der Waals surface area contributed by atoms with Gasteiger partial charge in [0.05, 0.1) is 5.56 Å². The molecule has 3 nitrogen and oxygen atoms in total. The van der Waals surface area contributed by atoms with Gasteiger partial charge in [-0.1, -0.05) is 44.2 Å². The quantitative estimate of drug-likeness (QED) is 0.324. The molecule has 0 spiro atoms. The molecule has 30 heavy (non-hydrogen) atoms. The summed E-state index contributed by atoms with van der Waals surface area (Å²) in [6.07, 6.45) is 4.12. The fourth-order valence-electron chi connectivity index (χ4n) is 5.09. The minimum Gasteiger partial charge on any atom is -0.453 e. The van der Waals surface area contributed by atoms with Crippen LogP contribution in [0.5, 0.6) is 0 Å². The Bertz CT molecular complexity index is 1490. The fraction of sp³-hybridized carbons (Fsp3) is 0.185. The summed E-state index contributed by atoms with van der Waals surface area (Å²) in [4.78, 5) is 4.91. The number of rotatable bonds is 1. The van der Waals surface area contributed by atoms with Gasteiger partial charge in [-0.3, -0.25) is 4.98 Å². The Kier molecular flexibility index (Phi) is 3.36. The molecule has 0 N–H and O–H groups in total. The second kappa shape index (κ2) is 5.79. The monoisotopic (exact) mass is 391 g/mol. The van der Waals surface area contributed by atoms with Crippen LogP contribution in [0.15, 0.2) is 71.4 Å². The van der Waals surface area contributed by atoms with Crippen LogP contribution in [0.25, 0.3) is 44.5 Å². The predicted octanol–water partition coefficient (Wildman–Crippen LogP) is 6.09. The highest BCUT2D eigenvalue weighted by molar-refractivity contribution is 6.12. The van der Waals surface area contributed by atoms with E-state index in [0.29, 0.717) is 0 Å². The molecule has 0 fully saturated rings. The highest BCUT2D eigenvalue weighted by Gasteiger charge is 2.38. The Morgan fingerprint density at radius 1 is 0.867 bits per heavy atom. The molecule has 0 bridgehead atoms. The second-order valence-corrected chi connectivity index (χ2v) is 8.83. The van der Waals surface area contributed by atoms with Crippen LogP contribution >= 0.6 is 0 Å². The van der Waals surface area contributed by atoms with Crippen LogP contribution < -0.4 is 4.57 Å². The third-order valence-corrected chi connectivity index (χ3v) is 6.71. The van der Waals surface area contributed by atoms with Crippen LogP contribution in [0.2, 0.25) is 0 Å². The molecule has 0 atom stereocenters. The molecule has 0 aliphatic heterocycles. The highest BCUT2D eigenvalue weighted by Crippen LogP contribution is 2.52. The van der Waals surface area contributed by atoms with E-state index in [1.165, 1.54) is 27.8 Å². The topological polar surface area (TPSA) is 29.9 Å². The molecule has 0 unspecified atom stereocenters. The van der Waals surface area contributed by atoms with Gasteiger partial charge >= 0.3 is 0 Å². The molecule has 0 saturated heterocycles. The van der Waals surface area contributed by atoms with E-state index in [1.807, 2.05) is 6.07 Å². The molecule has 0 amide bonds. The Morgan fingerprint density at radius 3 is 2.50 bits per heavy atom. The number of benzene rings is 2. The van der Waals surface area contributed by atoms with E-state index in [1.54, 1.807) is 0 Å². The zero-order chi connectivity index (χ0) is 20.6. The molecule has 3 aromatic heterocycles. The summed E-state index contributed by atoms with van der Waals surface area (Å²) >= 11 is 0. The van der Waals surface area contributed by atoms with Crippen molar-refractivity contribution in [3.63, 3.8) is 0 Å². The van der Waals surface area contributed by atoms with Crippen molar-refractivity contribution in [2.24, 2.45) is 7.05 Å². The van der Waals surface area contributed by atoms with Crippen molar-refractivity contribution < 1.29 is 8.98 Å². The number of furan rings is 1. The van der Waals surface area contributed by atoms with Gasteiger partial charge in [-0.25, -0.2) is 4.57 Å². The van der Waals surface area contributed by atoms with Crippen LogP contribution in [0.3, 0.4) is 0 Å². The molecular formula is C27H23N2O+. The van der Waals surface area contributed by atoms with Gasteiger partial charge in [0.15, 0.2) is 17.4 Å². The third kappa shape index (κ3) is 2.10. The van der Waals surface area contributed by atoms with Gasteiger partial charge in [0.1, 0.15) is 12.6 Å². The van der Waals surface area contributed by atoms with Gasteiger partial charge in [0.2, 0.25) is 5.69 Å². The molecule has 3 heteroatoms. The summed E-state index contributed by atoms with van der Waals surface area (Å²) in [7, 11) is 2.07. The molecule has 3 heterocycles. The maximum Gasteiger partial charge on any atom is 0.216 e. The molecule has 6 rings (SSSR count). The average molecular weight is 391 g/mol. The van der Waals surface area contributed by atoms with Crippen molar-refractivity contribution in [1.82, 2.24) is 4.98 Å². The van der Waals surface area contributed by atoms with Crippen molar-refractivity contribution in [2.75, 3.05) is 0 Å². The predicted molar refractivity (Wildman–Crippen MR) is 120 cm³/mol. The summed E-state index contributed by atoms with van der Waals surface area (Å²) < 4.78 is 8.84. The molecule has 1 aliphatic carbocycles. The number of hydrogen-bond acceptors (Lipinski definition) is 2. The lowest BCUT2D eigenvalue weighted by atomic mass is 9.83. The van der Waals surface area contributed by atoms with Crippen molar-refractivity contribution in [3.05, 3.63) is 83.7 Å². The minimum absolute atomic E-state index is 0.0866. The van der Waals surface area contributed by atoms with E-state index in [0.717, 1.165) is 33.3 Å². The SMILES string of the molecule is Cc1ccc2c(oc3c4c(cnc32)C(C)(C)c2ccccc2-4)c1-c1cccc[n+]1C. The molecule has 0 radical (unpaired) electrons. The highest BCUT2D eigenvalue weighted by atomic mass is 16.3. The molecule has 1 aliphatic rings. The van der Waals surface area contributed by atoms with E-state index in [4.69, 9.17) is 9.40 Å². The Morgan fingerprint density at radius 2 is 1.67 bits per heavy atom. The Hall–Kier alpha value is -3.46. The van der Waals surface area contributed by atoms with Gasteiger partial charge in [-0.2, -0.15) is 0 Å². The third-order valence-electron chi connectivity index (χ3n) is 6.71. The first-order valence-corrected chi connectivity index (χ1v) is 10.4. The largest absolute Gasteiger partial charge is 0.453 e. The first-order valence-electron chi connectivity index (χ1n) is 10.4. The zero-order valence-electron chi connectivity index (χ0n) is 17.7. The maximum absolute atomic E-state index is 6.69. The van der Waals surface area contributed by atoms with E-state index in [9.17, 15) is 0 Å². The molecule has 5 aromatic rings. The number of aromatic nitrogens is 2. The van der Waals surface area contributed by atoms with Crippen LogP contribution in [-0.2, 0) is 12.5 Å². The summed E-state index contributed by atoms with van der Waals surface area (Å²) in [5, 5.41) is 1.07. The number of pyridine rings is 2. The number of fused-ring (bicyclic) bond motifs is 7. The maximum atomic E-state index is 6.69. The van der Waals surface area contributed by atoms with Gasteiger partial charge < -0.3 is 4.42 Å². The second-order valence-electron chi connectivity index (χ2n) is 8.83. The van der Waals surface area contributed by atoms with Crippen molar-refractivity contribution in [3.8, 4) is 22.4 Å². The van der Waals surface area contributed by atoms with E-state index in [2.05, 4.69) is 93.3 Å². The summed E-state index contributed by atoms with van der Waals surface area (Å²) in [6, 6.07) is 19.2. The molecule has 2 aromatic carbocycles. The Labute approximate surface area is 175 Å². The Balaban J connectivity index is 1.77. The lowest BCUT2D eigenvalue weighted by molar-refractivity contribution is -0.660. The van der Waals surface area contributed by atoms with Crippen LogP contribution in [0, 0.1) is 6.92 Å². The van der Waals surface area contributed by atoms with E-state index < -0.39 is 0 Å². The average Bonchev–Trinajstić information content (AvgIpc) is 3.22. The van der Waals surface area contributed by atoms with Gasteiger partial charge in [-0.05, 0) is 41.3 Å². The van der Waals surface area contributed by atoms with Crippen molar-refractivity contribution in [2.45, 2.75) is 26.2 Å². The minimum atomic E-state index is -0.0866. The van der Waals surface area contributed by atoms with Crippen LogP contribution in [0.1, 0.15) is 30.5 Å². The van der Waals surface area contributed by atoms with Gasteiger partial charge in [0.25, 0.3) is 0 Å². The van der Waals surface area contributed by atoms with E-state index >= 15 is 0 Å². The van der Waals surface area contributed by atoms with Crippen molar-refractivity contribution in [1.29, 1.82) is 0 Å². The normalized spacial score (nSPS) is 14.3. The number of nitrogens with zero attached hydrogens (tertiary/aromatic N) is 2. The standard InChI is InChI=1S/C27H23N2O/c1-16-12-13-18-24-26(30-25(18)22(16)21-11-7-8-14-29(21)4)23-17-9-5-6-10-19(17)27(2,3)20(23)15-28-24/h5-15H,1-4H3/q+1. The molecule has 0 saturated carbocycles. The first kappa shape index (κ1) is 17.4. The van der Waals surface area contributed by atoms with Crippen LogP contribution in [-0.4, -0.2) is 4.98 Å². The lowest BCUT2D eigenvalue weighted by Gasteiger charge is -2.20. The summed E-state index contributed by atoms with van der Waals surface area (Å²) in [6.45, 7) is 6.69. The fourth-order valence-corrected chi connectivity index (χ4v) is 5.09. The van der Waals surface area contributed by atoms with Crippen molar-refractivity contribution >= 4 is 22.1 Å². The summed E-state index contributed by atoms with van der Waals surface area (Å²) in [5.74, 6) is 0. The number of aryl methyl sites for hydroxylation is 2. The number of hydrogen-bond donors (Lipinski definition) is 0. The molecule has 146 valence electrons. The van der Waals surface area contributed by atoms with Gasteiger partial charge in [-0.15, -0.1) is 0 Å². The molecular weight excluding hydrogens is 368 g/mol. The first-order chi connectivity index (χ1) is 14.5. The summed E-state index contributed by atoms with van der Waals surface area (Å²) in [5.41, 5.74) is 11.1. The smallest absolute Gasteiger partial charge is 0.216 e.